The minimum Gasteiger partial charge on any atom is -0.369 e. The number of nitrogens with one attached hydrogen (secondary N) is 1. The molecule has 7 heteroatoms. The normalized spacial score (nSPS) is 18.1. The van der Waals surface area contributed by atoms with Gasteiger partial charge in [-0.3, -0.25) is 9.78 Å². The zero-order chi connectivity index (χ0) is 19.2. The first kappa shape index (κ1) is 18.7. The molecule has 2 fully saturated rings. The summed E-state index contributed by atoms with van der Waals surface area (Å²) in [6.07, 6.45) is 11.1. The van der Waals surface area contributed by atoms with Crippen LogP contribution in [-0.4, -0.2) is 47.0 Å². The van der Waals surface area contributed by atoms with E-state index in [1.807, 2.05) is 30.6 Å². The van der Waals surface area contributed by atoms with E-state index >= 15 is 0 Å². The van der Waals surface area contributed by atoms with Gasteiger partial charge in [-0.2, -0.15) is 0 Å². The van der Waals surface area contributed by atoms with Gasteiger partial charge in [0, 0.05) is 38.3 Å². The van der Waals surface area contributed by atoms with Crippen molar-refractivity contribution in [1.82, 2.24) is 20.3 Å². The number of amides is 1. The topological polar surface area (TPSA) is 74.2 Å². The smallest absolute Gasteiger partial charge is 0.225 e. The Hall–Kier alpha value is -2.70. The molecule has 2 aliphatic heterocycles. The average molecular weight is 380 g/mol. The average Bonchev–Trinajstić information content (AvgIpc) is 2.79. The molecule has 1 N–H and O–H groups in total. The Bertz CT molecular complexity index is 752. The van der Waals surface area contributed by atoms with Crippen LogP contribution in [0.3, 0.4) is 0 Å². The molecule has 0 unspecified atom stereocenters. The number of rotatable bonds is 5. The van der Waals surface area contributed by atoms with E-state index < -0.39 is 0 Å². The third kappa shape index (κ3) is 4.58. The zero-order valence-electron chi connectivity index (χ0n) is 16.3. The minimum atomic E-state index is 0.0634. The molecule has 0 radical (unpaired) electrons. The number of piperidine rings is 2. The Morgan fingerprint density at radius 3 is 2.39 bits per heavy atom. The largest absolute Gasteiger partial charge is 0.369 e. The van der Waals surface area contributed by atoms with E-state index in [2.05, 4.69) is 30.1 Å². The third-order valence-electron chi connectivity index (χ3n) is 5.66. The van der Waals surface area contributed by atoms with Gasteiger partial charge in [-0.25, -0.2) is 9.97 Å². The second-order valence-electron chi connectivity index (χ2n) is 7.59. The van der Waals surface area contributed by atoms with Gasteiger partial charge >= 0.3 is 0 Å². The number of aromatic nitrogens is 3. The molecule has 4 rings (SSSR count). The van der Waals surface area contributed by atoms with E-state index in [9.17, 15) is 4.79 Å². The minimum absolute atomic E-state index is 0.0634. The van der Waals surface area contributed by atoms with E-state index in [0.717, 1.165) is 56.4 Å². The first-order valence-electron chi connectivity index (χ1n) is 10.3. The van der Waals surface area contributed by atoms with Crippen molar-refractivity contribution in [1.29, 1.82) is 0 Å². The molecule has 0 saturated carbocycles. The van der Waals surface area contributed by atoms with Crippen LogP contribution in [0.2, 0.25) is 0 Å². The fourth-order valence-corrected chi connectivity index (χ4v) is 3.96. The molecule has 148 valence electrons. The maximum absolute atomic E-state index is 12.4. The van der Waals surface area contributed by atoms with Crippen molar-refractivity contribution in [3.8, 4) is 0 Å². The molecular weight excluding hydrogens is 352 g/mol. The Labute approximate surface area is 166 Å². The maximum atomic E-state index is 12.4. The fraction of sp³-hybridized carbons (Fsp3) is 0.524. The van der Waals surface area contributed by atoms with Gasteiger partial charge < -0.3 is 15.1 Å². The molecule has 2 aromatic rings. The van der Waals surface area contributed by atoms with Crippen LogP contribution in [0, 0.1) is 5.92 Å². The van der Waals surface area contributed by atoms with Crippen molar-refractivity contribution in [3.05, 3.63) is 42.5 Å². The standard InChI is InChI=1S/C21H28N6O/c28-20(23-14-18-6-2-3-9-22-18)17-7-12-26(13-8-17)19-15-24-21(25-16-19)27-10-4-1-5-11-27/h2-3,6,9,15-17H,1,4-5,7-8,10-14H2,(H,23,28). The van der Waals surface area contributed by atoms with E-state index in [1.165, 1.54) is 19.3 Å². The molecule has 0 bridgehead atoms. The second-order valence-corrected chi connectivity index (χ2v) is 7.59. The van der Waals surface area contributed by atoms with Crippen molar-refractivity contribution >= 4 is 17.5 Å². The maximum Gasteiger partial charge on any atom is 0.225 e. The predicted octanol–water partition coefficient (Wildman–Crippen LogP) is 2.39. The van der Waals surface area contributed by atoms with E-state index in [4.69, 9.17) is 0 Å². The van der Waals surface area contributed by atoms with Crippen molar-refractivity contribution in [3.63, 3.8) is 0 Å². The zero-order valence-corrected chi connectivity index (χ0v) is 16.3. The molecule has 0 aromatic carbocycles. The summed E-state index contributed by atoms with van der Waals surface area (Å²) in [5, 5.41) is 3.02. The molecule has 2 aliphatic rings. The van der Waals surface area contributed by atoms with Crippen LogP contribution in [0.5, 0.6) is 0 Å². The summed E-state index contributed by atoms with van der Waals surface area (Å²) in [5.41, 5.74) is 1.94. The van der Waals surface area contributed by atoms with Crippen molar-refractivity contribution in [2.75, 3.05) is 36.0 Å². The lowest BCUT2D eigenvalue weighted by Crippen LogP contribution is -2.40. The van der Waals surface area contributed by atoms with E-state index in [0.29, 0.717) is 6.54 Å². The molecule has 4 heterocycles. The number of nitrogens with zero attached hydrogens (tertiary/aromatic N) is 5. The second kappa shape index (κ2) is 8.99. The highest BCUT2D eigenvalue weighted by molar-refractivity contribution is 5.78. The van der Waals surface area contributed by atoms with Gasteiger partial charge in [0.25, 0.3) is 0 Å². The Kier molecular flexibility index (Phi) is 5.99. The van der Waals surface area contributed by atoms with Gasteiger partial charge in [0.1, 0.15) is 0 Å². The molecule has 0 spiro atoms. The van der Waals surface area contributed by atoms with Gasteiger partial charge in [0.2, 0.25) is 11.9 Å². The van der Waals surface area contributed by atoms with Crippen LogP contribution in [0.4, 0.5) is 11.6 Å². The first-order chi connectivity index (χ1) is 13.8. The fourth-order valence-electron chi connectivity index (χ4n) is 3.96. The molecule has 7 nitrogen and oxygen atoms in total. The number of pyridine rings is 1. The molecule has 0 aliphatic carbocycles. The summed E-state index contributed by atoms with van der Waals surface area (Å²) < 4.78 is 0. The first-order valence-corrected chi connectivity index (χ1v) is 10.3. The lowest BCUT2D eigenvalue weighted by atomic mass is 9.95. The molecule has 28 heavy (non-hydrogen) atoms. The number of anilines is 2. The van der Waals surface area contributed by atoms with Crippen LogP contribution in [0.15, 0.2) is 36.8 Å². The van der Waals surface area contributed by atoms with Crippen molar-refractivity contribution in [2.45, 2.75) is 38.6 Å². The summed E-state index contributed by atoms with van der Waals surface area (Å²) >= 11 is 0. The highest BCUT2D eigenvalue weighted by Crippen LogP contribution is 2.24. The highest BCUT2D eigenvalue weighted by atomic mass is 16.1. The molecule has 2 saturated heterocycles. The Morgan fingerprint density at radius 1 is 0.964 bits per heavy atom. The van der Waals surface area contributed by atoms with Gasteiger partial charge in [0.15, 0.2) is 0 Å². The molecule has 1 amide bonds. The van der Waals surface area contributed by atoms with Gasteiger partial charge in [-0.15, -0.1) is 0 Å². The summed E-state index contributed by atoms with van der Waals surface area (Å²) in [5.74, 6) is 1.03. The number of carbonyl (C=O) groups excluding carboxylic acids is 1. The van der Waals surface area contributed by atoms with Crippen molar-refractivity contribution < 1.29 is 4.79 Å². The van der Waals surface area contributed by atoms with Crippen LogP contribution in [0.25, 0.3) is 0 Å². The van der Waals surface area contributed by atoms with Crippen molar-refractivity contribution in [2.24, 2.45) is 5.92 Å². The van der Waals surface area contributed by atoms with Crippen LogP contribution < -0.4 is 15.1 Å². The predicted molar refractivity (Wildman–Crippen MR) is 109 cm³/mol. The number of hydrogen-bond donors (Lipinski definition) is 1. The SMILES string of the molecule is O=C(NCc1ccccn1)C1CCN(c2cnc(N3CCCCC3)nc2)CC1. The Morgan fingerprint density at radius 2 is 1.71 bits per heavy atom. The quantitative estimate of drug-likeness (QED) is 0.859. The summed E-state index contributed by atoms with van der Waals surface area (Å²) in [7, 11) is 0. The Balaban J connectivity index is 1.26. The lowest BCUT2D eigenvalue weighted by molar-refractivity contribution is -0.125. The number of carbonyl (C=O) groups is 1. The third-order valence-corrected chi connectivity index (χ3v) is 5.66. The van der Waals surface area contributed by atoms with Gasteiger partial charge in [0.05, 0.1) is 30.3 Å². The van der Waals surface area contributed by atoms with Gasteiger partial charge in [-0.05, 0) is 44.2 Å². The van der Waals surface area contributed by atoms with E-state index in [-0.39, 0.29) is 11.8 Å². The monoisotopic (exact) mass is 380 g/mol. The lowest BCUT2D eigenvalue weighted by Gasteiger charge is -2.33. The van der Waals surface area contributed by atoms with Crippen LogP contribution >= 0.6 is 0 Å². The van der Waals surface area contributed by atoms with Gasteiger partial charge in [-0.1, -0.05) is 6.07 Å². The summed E-state index contributed by atoms with van der Waals surface area (Å²) in [4.78, 5) is 30.4. The summed E-state index contributed by atoms with van der Waals surface area (Å²) in [6.45, 7) is 4.31. The summed E-state index contributed by atoms with van der Waals surface area (Å²) in [6, 6.07) is 5.74. The van der Waals surface area contributed by atoms with Crippen LogP contribution in [-0.2, 0) is 11.3 Å². The van der Waals surface area contributed by atoms with E-state index in [1.54, 1.807) is 6.20 Å². The number of hydrogen-bond acceptors (Lipinski definition) is 6. The molecule has 0 atom stereocenters. The highest BCUT2D eigenvalue weighted by Gasteiger charge is 2.25. The van der Waals surface area contributed by atoms with Crippen LogP contribution in [0.1, 0.15) is 37.8 Å². The molecule has 2 aromatic heterocycles. The molecular formula is C21H28N6O.